The molecule has 2 amide bonds. The molecular weight excluding hydrogens is 383 g/mol. The first-order valence-corrected chi connectivity index (χ1v) is 10.4. The first-order chi connectivity index (χ1) is 14.6. The van der Waals surface area contributed by atoms with Crippen LogP contribution in [0.25, 0.3) is 11.0 Å². The van der Waals surface area contributed by atoms with Crippen molar-refractivity contribution in [1.29, 1.82) is 0 Å². The predicted molar refractivity (Wildman–Crippen MR) is 113 cm³/mol. The van der Waals surface area contributed by atoms with Gasteiger partial charge in [0.2, 0.25) is 5.91 Å². The number of hydrogen-bond acceptors (Lipinski definition) is 3. The summed E-state index contributed by atoms with van der Waals surface area (Å²) in [6.45, 7) is 1.86. The minimum absolute atomic E-state index is 0.120. The van der Waals surface area contributed by atoms with E-state index in [1.54, 1.807) is 0 Å². The highest BCUT2D eigenvalue weighted by Crippen LogP contribution is 2.28. The van der Waals surface area contributed by atoms with E-state index in [0.717, 1.165) is 42.8 Å². The van der Waals surface area contributed by atoms with Crippen LogP contribution in [-0.4, -0.2) is 46.3 Å². The van der Waals surface area contributed by atoms with Gasteiger partial charge in [-0.2, -0.15) is 0 Å². The number of carbonyl (C=O) groups is 2. The number of fused-ring (bicyclic) bond motifs is 1. The number of amides is 2. The summed E-state index contributed by atoms with van der Waals surface area (Å²) in [6, 6.07) is 13.4. The molecule has 1 aliphatic rings. The second kappa shape index (κ2) is 9.07. The Kier molecular flexibility index (Phi) is 6.07. The molecular formula is C23H25FN4O2. The van der Waals surface area contributed by atoms with E-state index in [2.05, 4.69) is 10.3 Å². The second-order valence-electron chi connectivity index (χ2n) is 7.66. The van der Waals surface area contributed by atoms with Gasteiger partial charge in [0, 0.05) is 37.5 Å². The van der Waals surface area contributed by atoms with Crippen molar-refractivity contribution in [3.63, 3.8) is 0 Å². The molecule has 30 heavy (non-hydrogen) atoms. The molecule has 0 unspecified atom stereocenters. The van der Waals surface area contributed by atoms with Crippen LogP contribution in [0.15, 0.2) is 48.5 Å². The molecule has 0 bridgehead atoms. The highest BCUT2D eigenvalue weighted by molar-refractivity contribution is 5.94. The Morgan fingerprint density at radius 2 is 1.83 bits per heavy atom. The SMILES string of the molecule is O=C(NCCCC(=O)N1CCC(c2nc3ccccc3[nH]2)CC1)c1ccc(F)cc1. The monoisotopic (exact) mass is 408 g/mol. The lowest BCUT2D eigenvalue weighted by atomic mass is 9.96. The van der Waals surface area contributed by atoms with Gasteiger partial charge >= 0.3 is 0 Å². The first-order valence-electron chi connectivity index (χ1n) is 10.4. The van der Waals surface area contributed by atoms with Gasteiger partial charge in [-0.3, -0.25) is 9.59 Å². The molecule has 1 aliphatic heterocycles. The summed E-state index contributed by atoms with van der Waals surface area (Å²) in [5.41, 5.74) is 2.44. The smallest absolute Gasteiger partial charge is 0.251 e. The number of carbonyl (C=O) groups excluding carboxylic acids is 2. The summed E-state index contributed by atoms with van der Waals surface area (Å²) < 4.78 is 12.9. The standard InChI is InChI=1S/C23H25FN4O2/c24-18-9-7-17(8-10-18)23(30)25-13-3-6-21(29)28-14-11-16(12-15-28)22-26-19-4-1-2-5-20(19)27-22/h1-2,4-5,7-10,16H,3,6,11-15H2,(H,25,30)(H,26,27). The molecule has 1 saturated heterocycles. The Morgan fingerprint density at radius 1 is 1.10 bits per heavy atom. The number of hydrogen-bond donors (Lipinski definition) is 2. The van der Waals surface area contributed by atoms with Gasteiger partial charge in [-0.25, -0.2) is 9.37 Å². The van der Waals surface area contributed by atoms with Crippen LogP contribution in [-0.2, 0) is 4.79 Å². The van der Waals surface area contributed by atoms with Crippen LogP contribution < -0.4 is 5.32 Å². The quantitative estimate of drug-likeness (QED) is 0.612. The predicted octanol–water partition coefficient (Wildman–Crippen LogP) is 3.62. The molecule has 6 nitrogen and oxygen atoms in total. The molecule has 1 aromatic heterocycles. The zero-order chi connectivity index (χ0) is 20.9. The molecule has 156 valence electrons. The van der Waals surface area contributed by atoms with Crippen molar-refractivity contribution in [1.82, 2.24) is 20.2 Å². The fourth-order valence-electron chi connectivity index (χ4n) is 3.87. The summed E-state index contributed by atoms with van der Waals surface area (Å²) in [5.74, 6) is 0.840. The van der Waals surface area contributed by atoms with Crippen LogP contribution >= 0.6 is 0 Å². The zero-order valence-electron chi connectivity index (χ0n) is 16.7. The van der Waals surface area contributed by atoms with Gasteiger partial charge in [0.25, 0.3) is 5.91 Å². The number of nitrogens with zero attached hydrogens (tertiary/aromatic N) is 2. The normalized spacial score (nSPS) is 14.8. The Balaban J connectivity index is 1.19. The maximum atomic E-state index is 12.9. The van der Waals surface area contributed by atoms with E-state index in [1.165, 1.54) is 24.3 Å². The number of piperidine rings is 1. The van der Waals surface area contributed by atoms with Crippen LogP contribution in [0.4, 0.5) is 4.39 Å². The van der Waals surface area contributed by atoms with Crippen LogP contribution in [0, 0.1) is 5.82 Å². The first kappa shape index (κ1) is 20.1. The Hall–Kier alpha value is -3.22. The maximum absolute atomic E-state index is 12.9. The van der Waals surface area contributed by atoms with Crippen LogP contribution in [0.2, 0.25) is 0 Å². The third kappa shape index (κ3) is 4.67. The van der Waals surface area contributed by atoms with Crippen LogP contribution in [0.5, 0.6) is 0 Å². The molecule has 4 rings (SSSR count). The highest BCUT2D eigenvalue weighted by Gasteiger charge is 2.25. The number of imidazole rings is 1. The Labute approximate surface area is 174 Å². The summed E-state index contributed by atoms with van der Waals surface area (Å²) >= 11 is 0. The van der Waals surface area contributed by atoms with E-state index in [9.17, 15) is 14.0 Å². The van der Waals surface area contributed by atoms with Gasteiger partial charge in [0.05, 0.1) is 11.0 Å². The van der Waals surface area contributed by atoms with Gasteiger partial charge in [-0.05, 0) is 55.7 Å². The third-order valence-electron chi connectivity index (χ3n) is 5.60. The number of rotatable bonds is 6. The summed E-state index contributed by atoms with van der Waals surface area (Å²) in [7, 11) is 0. The van der Waals surface area contributed by atoms with Gasteiger partial charge in [0.1, 0.15) is 11.6 Å². The summed E-state index contributed by atoms with van der Waals surface area (Å²) in [4.78, 5) is 34.5. The number of halogens is 1. The van der Waals surface area contributed by atoms with E-state index < -0.39 is 0 Å². The molecule has 3 aromatic rings. The van der Waals surface area contributed by atoms with Crippen molar-refractivity contribution < 1.29 is 14.0 Å². The molecule has 0 aliphatic carbocycles. The number of nitrogens with one attached hydrogen (secondary N) is 2. The Morgan fingerprint density at radius 3 is 2.57 bits per heavy atom. The zero-order valence-corrected chi connectivity index (χ0v) is 16.7. The minimum atomic E-state index is -0.374. The van der Waals surface area contributed by atoms with Crippen LogP contribution in [0.1, 0.15) is 47.8 Å². The highest BCUT2D eigenvalue weighted by atomic mass is 19.1. The summed E-state index contributed by atoms with van der Waals surface area (Å²) in [6.07, 6.45) is 2.77. The van der Waals surface area contributed by atoms with E-state index in [-0.39, 0.29) is 17.6 Å². The van der Waals surface area contributed by atoms with Gasteiger partial charge < -0.3 is 15.2 Å². The lowest BCUT2D eigenvalue weighted by Crippen LogP contribution is -2.38. The average molecular weight is 408 g/mol. The molecule has 7 heteroatoms. The van der Waals surface area contributed by atoms with Gasteiger partial charge in [0.15, 0.2) is 0 Å². The van der Waals surface area contributed by atoms with E-state index in [1.807, 2.05) is 29.2 Å². The molecule has 2 aromatic carbocycles. The Bertz CT molecular complexity index is 990. The molecule has 2 N–H and O–H groups in total. The van der Waals surface area contributed by atoms with E-state index >= 15 is 0 Å². The fourth-order valence-corrected chi connectivity index (χ4v) is 3.87. The topological polar surface area (TPSA) is 78.1 Å². The minimum Gasteiger partial charge on any atom is -0.352 e. The molecule has 0 atom stereocenters. The molecule has 0 spiro atoms. The van der Waals surface area contributed by atoms with Gasteiger partial charge in [-0.15, -0.1) is 0 Å². The third-order valence-corrected chi connectivity index (χ3v) is 5.60. The van der Waals surface area contributed by atoms with Crippen molar-refractivity contribution in [2.45, 2.75) is 31.6 Å². The lowest BCUT2D eigenvalue weighted by molar-refractivity contribution is -0.132. The number of likely N-dealkylation sites (tertiary alicyclic amines) is 1. The lowest BCUT2D eigenvalue weighted by Gasteiger charge is -2.31. The van der Waals surface area contributed by atoms with E-state index in [4.69, 9.17) is 4.98 Å². The number of benzene rings is 2. The number of H-pyrrole nitrogens is 1. The summed E-state index contributed by atoms with van der Waals surface area (Å²) in [5, 5.41) is 2.77. The largest absolute Gasteiger partial charge is 0.352 e. The number of aromatic nitrogens is 2. The fraction of sp³-hybridized carbons (Fsp3) is 0.348. The maximum Gasteiger partial charge on any atom is 0.251 e. The molecule has 0 radical (unpaired) electrons. The van der Waals surface area contributed by atoms with Crippen molar-refractivity contribution in [3.8, 4) is 0 Å². The van der Waals surface area contributed by atoms with Crippen LogP contribution in [0.3, 0.4) is 0 Å². The second-order valence-corrected chi connectivity index (χ2v) is 7.66. The van der Waals surface area contributed by atoms with Crippen molar-refractivity contribution in [2.75, 3.05) is 19.6 Å². The average Bonchev–Trinajstić information content (AvgIpc) is 3.21. The molecule has 1 fully saturated rings. The van der Waals surface area contributed by atoms with Crippen molar-refractivity contribution in [3.05, 3.63) is 65.7 Å². The van der Waals surface area contributed by atoms with Crippen molar-refractivity contribution in [2.24, 2.45) is 0 Å². The molecule has 0 saturated carbocycles. The molecule has 2 heterocycles. The number of aromatic amines is 1. The van der Waals surface area contributed by atoms with E-state index in [0.29, 0.717) is 30.9 Å². The van der Waals surface area contributed by atoms with Crippen molar-refractivity contribution >= 4 is 22.8 Å². The number of para-hydroxylation sites is 2. The van der Waals surface area contributed by atoms with Gasteiger partial charge in [-0.1, -0.05) is 12.1 Å².